The van der Waals surface area contributed by atoms with Crippen molar-refractivity contribution in [2.75, 3.05) is 63.8 Å². The first-order chi connectivity index (χ1) is 15.0. The Hall–Kier alpha value is -2.22. The number of piperidine rings is 2. The van der Waals surface area contributed by atoms with E-state index in [0.717, 1.165) is 45.6 Å². The average Bonchev–Trinajstić information content (AvgIpc) is 2.79. The Morgan fingerprint density at radius 2 is 1.61 bits per heavy atom. The second kappa shape index (κ2) is 9.94. The van der Waals surface area contributed by atoms with Crippen molar-refractivity contribution in [2.45, 2.75) is 33.1 Å². The molecule has 3 fully saturated rings. The first kappa shape index (κ1) is 22.0. The molecule has 3 atom stereocenters. The summed E-state index contributed by atoms with van der Waals surface area (Å²) in [5.41, 5.74) is 0. The molecule has 0 saturated carbocycles. The smallest absolute Gasteiger partial charge is 0.236 e. The van der Waals surface area contributed by atoms with Gasteiger partial charge >= 0.3 is 0 Å². The fraction of sp³-hybridized carbons (Fsp3) is 0.739. The highest BCUT2D eigenvalue weighted by Crippen LogP contribution is 2.23. The molecule has 3 aliphatic heterocycles. The summed E-state index contributed by atoms with van der Waals surface area (Å²) >= 11 is 0. The van der Waals surface area contributed by atoms with Crippen LogP contribution in [0.15, 0.2) is 18.5 Å². The SMILES string of the molecule is CC1CC(C)CN(C(=O)CN2CCN(C(=O)C3CCCN(c4ncccn4)C3)CC2)C1. The van der Waals surface area contributed by atoms with Gasteiger partial charge in [-0.15, -0.1) is 0 Å². The van der Waals surface area contributed by atoms with E-state index < -0.39 is 0 Å². The fourth-order valence-corrected chi connectivity index (χ4v) is 5.36. The second-order valence-corrected chi connectivity index (χ2v) is 9.68. The highest BCUT2D eigenvalue weighted by molar-refractivity contribution is 5.80. The second-order valence-electron chi connectivity index (χ2n) is 9.68. The van der Waals surface area contributed by atoms with Gasteiger partial charge in [0.15, 0.2) is 0 Å². The van der Waals surface area contributed by atoms with Crippen LogP contribution in [0.1, 0.15) is 33.1 Å². The largest absolute Gasteiger partial charge is 0.341 e. The van der Waals surface area contributed by atoms with Crippen molar-refractivity contribution < 1.29 is 9.59 Å². The minimum Gasteiger partial charge on any atom is -0.341 e. The lowest BCUT2D eigenvalue weighted by Gasteiger charge is -2.40. The van der Waals surface area contributed by atoms with Gasteiger partial charge in [-0.25, -0.2) is 9.97 Å². The number of likely N-dealkylation sites (tertiary alicyclic amines) is 1. The Labute approximate surface area is 185 Å². The maximum absolute atomic E-state index is 13.1. The summed E-state index contributed by atoms with van der Waals surface area (Å²) in [6, 6.07) is 1.81. The molecular weight excluding hydrogens is 392 g/mol. The van der Waals surface area contributed by atoms with Gasteiger partial charge in [-0.3, -0.25) is 14.5 Å². The van der Waals surface area contributed by atoms with E-state index in [1.165, 1.54) is 6.42 Å². The fourth-order valence-electron chi connectivity index (χ4n) is 5.36. The quantitative estimate of drug-likeness (QED) is 0.721. The lowest BCUT2D eigenvalue weighted by molar-refractivity contribution is -0.139. The number of carbonyl (C=O) groups excluding carboxylic acids is 2. The van der Waals surface area contributed by atoms with Crippen LogP contribution in [0.4, 0.5) is 5.95 Å². The Bertz CT molecular complexity index is 742. The molecule has 4 rings (SSSR count). The summed E-state index contributed by atoms with van der Waals surface area (Å²) in [4.78, 5) is 43.0. The van der Waals surface area contributed by atoms with Gasteiger partial charge in [0, 0.05) is 64.8 Å². The van der Waals surface area contributed by atoms with Crippen molar-refractivity contribution >= 4 is 17.8 Å². The van der Waals surface area contributed by atoms with E-state index >= 15 is 0 Å². The lowest BCUT2D eigenvalue weighted by atomic mass is 9.92. The monoisotopic (exact) mass is 428 g/mol. The summed E-state index contributed by atoms with van der Waals surface area (Å²) < 4.78 is 0. The Kier molecular flexibility index (Phi) is 7.05. The molecule has 8 nitrogen and oxygen atoms in total. The zero-order chi connectivity index (χ0) is 21.8. The van der Waals surface area contributed by atoms with Gasteiger partial charge < -0.3 is 14.7 Å². The van der Waals surface area contributed by atoms with Crippen LogP contribution in [0, 0.1) is 17.8 Å². The van der Waals surface area contributed by atoms with Gasteiger partial charge in [-0.05, 0) is 37.2 Å². The molecule has 31 heavy (non-hydrogen) atoms. The zero-order valence-electron chi connectivity index (χ0n) is 18.9. The minimum absolute atomic E-state index is 0.00191. The van der Waals surface area contributed by atoms with E-state index in [-0.39, 0.29) is 17.7 Å². The third kappa shape index (κ3) is 5.53. The Morgan fingerprint density at radius 3 is 2.29 bits per heavy atom. The van der Waals surface area contributed by atoms with Crippen molar-refractivity contribution in [1.82, 2.24) is 24.7 Å². The number of rotatable bonds is 4. The first-order valence-electron chi connectivity index (χ1n) is 11.8. The zero-order valence-corrected chi connectivity index (χ0v) is 18.9. The molecule has 170 valence electrons. The Morgan fingerprint density at radius 1 is 0.935 bits per heavy atom. The predicted octanol–water partition coefficient (Wildman–Crippen LogP) is 1.34. The van der Waals surface area contributed by atoms with Crippen LogP contribution in [-0.4, -0.2) is 95.4 Å². The van der Waals surface area contributed by atoms with Crippen LogP contribution in [0.25, 0.3) is 0 Å². The van der Waals surface area contributed by atoms with Crippen molar-refractivity contribution in [3.8, 4) is 0 Å². The molecule has 0 radical (unpaired) electrons. The summed E-state index contributed by atoms with van der Waals surface area (Å²) in [7, 11) is 0. The van der Waals surface area contributed by atoms with Gasteiger partial charge in [0.05, 0.1) is 12.5 Å². The molecule has 0 N–H and O–H groups in total. The molecule has 4 heterocycles. The summed E-state index contributed by atoms with van der Waals surface area (Å²) in [5, 5.41) is 0. The number of piperazine rings is 1. The average molecular weight is 429 g/mol. The maximum atomic E-state index is 13.1. The molecule has 0 spiro atoms. The molecule has 3 aliphatic rings. The summed E-state index contributed by atoms with van der Waals surface area (Å²) in [5.74, 6) is 2.36. The highest BCUT2D eigenvalue weighted by atomic mass is 16.2. The number of hydrogen-bond acceptors (Lipinski definition) is 6. The van der Waals surface area contributed by atoms with Gasteiger partial charge in [-0.2, -0.15) is 0 Å². The molecule has 1 aromatic rings. The van der Waals surface area contributed by atoms with Crippen molar-refractivity contribution in [2.24, 2.45) is 17.8 Å². The van der Waals surface area contributed by atoms with Gasteiger partial charge in [0.2, 0.25) is 17.8 Å². The standard InChI is InChI=1S/C23H36N6O2/c1-18-13-19(2)15-29(14-18)21(30)17-26-9-11-27(12-10-26)22(31)20-5-3-8-28(16-20)23-24-6-4-7-25-23/h4,6-7,18-20H,3,5,8-17H2,1-2H3. The third-order valence-electron chi connectivity index (χ3n) is 6.87. The van der Waals surface area contributed by atoms with Crippen LogP contribution in [0.2, 0.25) is 0 Å². The third-order valence-corrected chi connectivity index (χ3v) is 6.87. The summed E-state index contributed by atoms with van der Waals surface area (Å²) in [6.07, 6.45) is 6.61. The number of aromatic nitrogens is 2. The predicted molar refractivity (Wildman–Crippen MR) is 120 cm³/mol. The van der Waals surface area contributed by atoms with E-state index in [0.29, 0.717) is 44.0 Å². The Balaban J connectivity index is 1.24. The van der Waals surface area contributed by atoms with Crippen LogP contribution in [0.5, 0.6) is 0 Å². The van der Waals surface area contributed by atoms with Crippen molar-refractivity contribution in [3.63, 3.8) is 0 Å². The van der Waals surface area contributed by atoms with Crippen LogP contribution in [0.3, 0.4) is 0 Å². The van der Waals surface area contributed by atoms with Gasteiger partial charge in [0.1, 0.15) is 0 Å². The molecule has 3 unspecified atom stereocenters. The molecular formula is C23H36N6O2. The number of carbonyl (C=O) groups is 2. The van der Waals surface area contributed by atoms with Crippen LogP contribution in [-0.2, 0) is 9.59 Å². The first-order valence-corrected chi connectivity index (χ1v) is 11.8. The van der Waals surface area contributed by atoms with E-state index in [1.54, 1.807) is 12.4 Å². The van der Waals surface area contributed by atoms with Crippen molar-refractivity contribution in [1.29, 1.82) is 0 Å². The van der Waals surface area contributed by atoms with Gasteiger partial charge in [-0.1, -0.05) is 13.8 Å². The molecule has 0 bridgehead atoms. The maximum Gasteiger partial charge on any atom is 0.236 e. The van der Waals surface area contributed by atoms with Crippen LogP contribution >= 0.6 is 0 Å². The van der Waals surface area contributed by atoms with E-state index in [4.69, 9.17) is 0 Å². The van der Waals surface area contributed by atoms with Gasteiger partial charge in [0.25, 0.3) is 0 Å². The normalized spacial score (nSPS) is 27.9. The summed E-state index contributed by atoms with van der Waals surface area (Å²) in [6.45, 7) is 11.2. The van der Waals surface area contributed by atoms with E-state index in [2.05, 4.69) is 33.6 Å². The highest BCUT2D eigenvalue weighted by Gasteiger charge is 2.33. The molecule has 0 aliphatic carbocycles. The van der Waals surface area contributed by atoms with E-state index in [9.17, 15) is 9.59 Å². The number of anilines is 1. The number of nitrogens with zero attached hydrogens (tertiary/aromatic N) is 6. The minimum atomic E-state index is 0.00191. The molecule has 2 amide bonds. The molecule has 3 saturated heterocycles. The molecule has 0 aromatic carbocycles. The van der Waals surface area contributed by atoms with Crippen LogP contribution < -0.4 is 4.90 Å². The van der Waals surface area contributed by atoms with E-state index in [1.807, 2.05) is 15.9 Å². The molecule has 1 aromatic heterocycles. The molecule has 8 heteroatoms. The lowest BCUT2D eigenvalue weighted by Crippen LogP contribution is -2.55. The topological polar surface area (TPSA) is 72.9 Å². The number of hydrogen-bond donors (Lipinski definition) is 0. The number of amides is 2. The van der Waals surface area contributed by atoms with Crippen molar-refractivity contribution in [3.05, 3.63) is 18.5 Å².